The number of benzene rings is 2. The number of piperidine rings is 1. The summed E-state index contributed by atoms with van der Waals surface area (Å²) >= 11 is 0. The van der Waals surface area contributed by atoms with E-state index < -0.39 is 5.60 Å². The number of ether oxygens (including phenoxy) is 2. The fourth-order valence-electron chi connectivity index (χ4n) is 4.69. The van der Waals surface area contributed by atoms with Gasteiger partial charge in [0.05, 0.1) is 34.4 Å². The average molecular weight is 462 g/mol. The first kappa shape index (κ1) is 22.6. The van der Waals surface area contributed by atoms with E-state index in [9.17, 15) is 5.11 Å². The number of methoxy groups -OCH3 is 1. The molecule has 1 aliphatic rings. The van der Waals surface area contributed by atoms with E-state index in [1.54, 1.807) is 13.4 Å². The zero-order chi connectivity index (χ0) is 23.5. The van der Waals surface area contributed by atoms with E-state index in [2.05, 4.69) is 39.5 Å². The summed E-state index contributed by atoms with van der Waals surface area (Å²) in [6.07, 6.45) is 3.26. The van der Waals surface area contributed by atoms with Crippen molar-refractivity contribution in [3.8, 4) is 11.6 Å². The molecule has 5 rings (SSSR count). The Morgan fingerprint density at radius 2 is 1.94 bits per heavy atom. The predicted octanol–water partition coefficient (Wildman–Crippen LogP) is 3.15. The monoisotopic (exact) mass is 461 g/mol. The van der Waals surface area contributed by atoms with Crippen molar-refractivity contribution in [3.63, 3.8) is 0 Å². The van der Waals surface area contributed by atoms with E-state index in [-0.39, 0.29) is 0 Å². The van der Waals surface area contributed by atoms with Gasteiger partial charge in [0.25, 0.3) is 0 Å². The summed E-state index contributed by atoms with van der Waals surface area (Å²) in [6, 6.07) is 16.3. The molecule has 3 heterocycles. The first-order chi connectivity index (χ1) is 16.6. The number of fused-ring (bicyclic) bond motifs is 2. The van der Waals surface area contributed by atoms with Crippen LogP contribution in [0.25, 0.3) is 27.8 Å². The van der Waals surface area contributed by atoms with Gasteiger partial charge in [0.15, 0.2) is 0 Å². The minimum absolute atomic E-state index is 0.501. The Bertz CT molecular complexity index is 1280. The predicted molar refractivity (Wildman–Crippen MR) is 134 cm³/mol. The zero-order valence-corrected chi connectivity index (χ0v) is 19.7. The van der Waals surface area contributed by atoms with Crippen molar-refractivity contribution >= 4 is 27.6 Å². The number of aliphatic hydroxyl groups is 1. The maximum Gasteiger partial charge on any atom is 0.139 e. The van der Waals surface area contributed by atoms with Gasteiger partial charge in [-0.25, -0.2) is 9.97 Å². The highest BCUT2D eigenvalue weighted by Crippen LogP contribution is 2.32. The number of nitrogens with one attached hydrogen (secondary N) is 1. The summed E-state index contributed by atoms with van der Waals surface area (Å²) in [6.45, 7) is 3.25. The van der Waals surface area contributed by atoms with Gasteiger partial charge in [0, 0.05) is 38.2 Å². The second kappa shape index (κ2) is 9.58. The molecular weight excluding hydrogens is 430 g/mol. The van der Waals surface area contributed by atoms with Crippen LogP contribution in [-0.4, -0.2) is 72.2 Å². The van der Waals surface area contributed by atoms with Crippen molar-refractivity contribution in [2.45, 2.75) is 18.4 Å². The van der Waals surface area contributed by atoms with Crippen LogP contribution in [0.4, 0.5) is 5.69 Å². The maximum atomic E-state index is 10.8. The maximum absolute atomic E-state index is 10.8. The van der Waals surface area contributed by atoms with Gasteiger partial charge >= 0.3 is 0 Å². The van der Waals surface area contributed by atoms with Crippen molar-refractivity contribution < 1.29 is 14.6 Å². The van der Waals surface area contributed by atoms with E-state index in [1.165, 1.54) is 0 Å². The van der Waals surface area contributed by atoms with Crippen LogP contribution in [0, 0.1) is 0 Å². The Balaban J connectivity index is 1.45. The van der Waals surface area contributed by atoms with Crippen LogP contribution in [-0.2, 0) is 4.74 Å². The Hall–Kier alpha value is -3.20. The third-order valence-electron chi connectivity index (χ3n) is 6.55. The number of nitrogens with zero attached hydrogens (tertiary/aromatic N) is 4. The third-order valence-corrected chi connectivity index (χ3v) is 6.55. The Morgan fingerprint density at radius 1 is 1.09 bits per heavy atom. The van der Waals surface area contributed by atoms with Crippen LogP contribution in [0.1, 0.15) is 12.8 Å². The van der Waals surface area contributed by atoms with Gasteiger partial charge in [0.1, 0.15) is 24.5 Å². The fraction of sp³-hybridized carbons (Fsp3) is 0.385. The van der Waals surface area contributed by atoms with E-state index in [0.29, 0.717) is 19.8 Å². The SMILES string of the molecule is CNCC1(O)CCN(c2cccc3ccc(-n4cnc5cc(OCCOC)ccc54)nc23)CC1. The molecule has 34 heavy (non-hydrogen) atoms. The summed E-state index contributed by atoms with van der Waals surface area (Å²) in [5.41, 5.74) is 3.24. The Morgan fingerprint density at radius 3 is 2.74 bits per heavy atom. The van der Waals surface area contributed by atoms with Gasteiger partial charge in [-0.3, -0.25) is 4.57 Å². The van der Waals surface area contributed by atoms with Crippen LogP contribution in [0.3, 0.4) is 0 Å². The van der Waals surface area contributed by atoms with E-state index in [0.717, 1.165) is 65.1 Å². The summed E-state index contributed by atoms with van der Waals surface area (Å²) in [5.74, 6) is 1.59. The molecule has 2 aromatic heterocycles. The van der Waals surface area contributed by atoms with Gasteiger partial charge in [-0.05, 0) is 50.2 Å². The number of aromatic nitrogens is 3. The Kier molecular flexibility index (Phi) is 6.36. The van der Waals surface area contributed by atoms with Gasteiger partial charge in [0.2, 0.25) is 0 Å². The first-order valence-corrected chi connectivity index (χ1v) is 11.7. The first-order valence-electron chi connectivity index (χ1n) is 11.7. The lowest BCUT2D eigenvalue weighted by Gasteiger charge is -2.39. The second-order valence-corrected chi connectivity index (χ2v) is 8.87. The molecule has 0 unspecified atom stereocenters. The topological polar surface area (TPSA) is 84.7 Å². The number of hydrogen-bond donors (Lipinski definition) is 2. The van der Waals surface area contributed by atoms with Gasteiger partial charge < -0.3 is 24.8 Å². The average Bonchev–Trinajstić information content (AvgIpc) is 3.27. The molecule has 2 N–H and O–H groups in total. The highest BCUT2D eigenvalue weighted by atomic mass is 16.5. The summed E-state index contributed by atoms with van der Waals surface area (Å²) in [5, 5.41) is 15.0. The second-order valence-electron chi connectivity index (χ2n) is 8.87. The largest absolute Gasteiger partial charge is 0.491 e. The molecular formula is C26H31N5O3. The fourth-order valence-corrected chi connectivity index (χ4v) is 4.69. The zero-order valence-electron chi connectivity index (χ0n) is 19.7. The number of anilines is 1. The van der Waals surface area contributed by atoms with E-state index >= 15 is 0 Å². The lowest BCUT2D eigenvalue weighted by Crippen LogP contribution is -2.49. The van der Waals surface area contributed by atoms with Crippen LogP contribution < -0.4 is 15.0 Å². The standard InChI is InChI=1S/C26H31N5O3/c1-27-17-26(32)10-12-30(13-11-26)23-5-3-4-19-6-9-24(29-25(19)23)31-18-28-21-16-20(7-8-22(21)31)34-15-14-33-2/h3-9,16,18,27,32H,10-15,17H2,1-2H3. The molecule has 1 fully saturated rings. The van der Waals surface area contributed by atoms with Gasteiger partial charge in [-0.2, -0.15) is 0 Å². The normalized spacial score (nSPS) is 15.8. The molecule has 0 spiro atoms. The minimum atomic E-state index is -0.643. The summed E-state index contributed by atoms with van der Waals surface area (Å²) in [7, 11) is 3.54. The van der Waals surface area contributed by atoms with E-state index in [1.807, 2.05) is 35.9 Å². The molecule has 1 saturated heterocycles. The van der Waals surface area contributed by atoms with Crippen molar-refractivity contribution in [2.75, 3.05) is 51.9 Å². The van der Waals surface area contributed by atoms with Crippen molar-refractivity contribution in [1.82, 2.24) is 19.9 Å². The molecule has 0 atom stereocenters. The number of pyridine rings is 1. The number of hydrogen-bond acceptors (Lipinski definition) is 7. The quantitative estimate of drug-likeness (QED) is 0.390. The van der Waals surface area contributed by atoms with Crippen molar-refractivity contribution in [2.24, 2.45) is 0 Å². The molecule has 178 valence electrons. The molecule has 4 aromatic rings. The lowest BCUT2D eigenvalue weighted by molar-refractivity contribution is 0.0185. The molecule has 8 nitrogen and oxygen atoms in total. The number of para-hydroxylation sites is 1. The third kappa shape index (κ3) is 4.44. The van der Waals surface area contributed by atoms with E-state index in [4.69, 9.17) is 14.5 Å². The van der Waals surface area contributed by atoms with Crippen LogP contribution in [0.15, 0.2) is 54.9 Å². The highest BCUT2D eigenvalue weighted by Gasteiger charge is 2.32. The van der Waals surface area contributed by atoms with Crippen molar-refractivity contribution in [1.29, 1.82) is 0 Å². The smallest absolute Gasteiger partial charge is 0.139 e. The molecule has 2 aromatic carbocycles. The number of imidazole rings is 1. The van der Waals surface area contributed by atoms with Gasteiger partial charge in [-0.1, -0.05) is 12.1 Å². The number of likely N-dealkylation sites (N-methyl/N-ethyl adjacent to an activating group) is 1. The molecule has 0 bridgehead atoms. The van der Waals surface area contributed by atoms with Crippen molar-refractivity contribution in [3.05, 3.63) is 54.9 Å². The molecule has 0 aliphatic carbocycles. The van der Waals surface area contributed by atoms with Crippen LogP contribution in [0.5, 0.6) is 5.75 Å². The molecule has 0 radical (unpaired) electrons. The minimum Gasteiger partial charge on any atom is -0.491 e. The summed E-state index contributed by atoms with van der Waals surface area (Å²) in [4.78, 5) is 12.0. The van der Waals surface area contributed by atoms with Gasteiger partial charge in [-0.15, -0.1) is 0 Å². The number of rotatable bonds is 8. The highest BCUT2D eigenvalue weighted by molar-refractivity contribution is 5.92. The molecule has 8 heteroatoms. The summed E-state index contributed by atoms with van der Waals surface area (Å²) < 4.78 is 12.8. The molecule has 0 saturated carbocycles. The van der Waals surface area contributed by atoms with Crippen LogP contribution in [0.2, 0.25) is 0 Å². The molecule has 1 aliphatic heterocycles. The molecule has 0 amide bonds. The Labute approximate surface area is 199 Å². The lowest BCUT2D eigenvalue weighted by atomic mass is 9.91. The van der Waals surface area contributed by atoms with Crippen LogP contribution >= 0.6 is 0 Å².